The van der Waals surface area contributed by atoms with E-state index in [1.54, 1.807) is 12.1 Å². The summed E-state index contributed by atoms with van der Waals surface area (Å²) in [6, 6.07) is 6.76. The third-order valence-corrected chi connectivity index (χ3v) is 4.56. The Hall–Kier alpha value is -1.62. The van der Waals surface area contributed by atoms with Gasteiger partial charge in [-0.25, -0.2) is 4.39 Å². The highest BCUT2D eigenvalue weighted by Crippen LogP contribution is 2.40. The van der Waals surface area contributed by atoms with Crippen LogP contribution in [-0.4, -0.2) is 30.8 Å². The molecule has 4 nitrogen and oxygen atoms in total. The van der Waals surface area contributed by atoms with Gasteiger partial charge in [-0.05, 0) is 30.9 Å². The molecular weight excluding hydrogens is 269 g/mol. The fourth-order valence-electron chi connectivity index (χ4n) is 3.34. The lowest BCUT2D eigenvalue weighted by molar-refractivity contribution is -0.0381. The normalized spacial score (nSPS) is 29.2. The predicted octanol–water partition coefficient (Wildman–Crippen LogP) is 2.53. The highest BCUT2D eigenvalue weighted by atomic mass is 19.1. The largest absolute Gasteiger partial charge is 0.378 e. The van der Waals surface area contributed by atoms with Crippen LogP contribution >= 0.6 is 0 Å². The number of halogens is 1. The highest BCUT2D eigenvalue weighted by Gasteiger charge is 2.48. The summed E-state index contributed by atoms with van der Waals surface area (Å²) < 4.78 is 20.1. The molecular formula is C16H22FN3O. The molecule has 1 saturated heterocycles. The predicted molar refractivity (Wildman–Crippen MR) is 81.9 cm³/mol. The van der Waals surface area contributed by atoms with Crippen molar-refractivity contribution in [3.8, 4) is 0 Å². The second-order valence-electron chi connectivity index (χ2n) is 6.29. The summed E-state index contributed by atoms with van der Waals surface area (Å²) in [4.78, 5) is 6.29. The Morgan fingerprint density at radius 2 is 2.19 bits per heavy atom. The summed E-state index contributed by atoms with van der Waals surface area (Å²) in [6.07, 6.45) is 1.80. The van der Waals surface area contributed by atoms with Gasteiger partial charge in [-0.15, -0.1) is 0 Å². The van der Waals surface area contributed by atoms with Crippen LogP contribution in [0.2, 0.25) is 0 Å². The number of hydrogen-bond donors (Lipinski definition) is 1. The minimum atomic E-state index is -0.260. The van der Waals surface area contributed by atoms with Gasteiger partial charge in [-0.1, -0.05) is 26.0 Å². The van der Waals surface area contributed by atoms with Gasteiger partial charge in [0, 0.05) is 6.61 Å². The number of anilines is 1. The van der Waals surface area contributed by atoms with Crippen LogP contribution in [0.25, 0.3) is 0 Å². The van der Waals surface area contributed by atoms with Crippen LogP contribution in [0.15, 0.2) is 29.3 Å². The molecule has 3 rings (SSSR count). The van der Waals surface area contributed by atoms with E-state index < -0.39 is 0 Å². The molecule has 2 aliphatic rings. The number of aliphatic imine (C=N–C) groups is 1. The number of nitrogens with zero attached hydrogens (tertiary/aromatic N) is 2. The molecule has 5 heteroatoms. The standard InChI is InChI=1S/C16H22FN3O/c1-11(2)14-9-16(7-8-21-14)10-19-15(18)20(16)13-6-4-3-5-12(13)17/h3-6,11,14H,7-10H2,1-2H3,(H2,18,19). The van der Waals surface area contributed by atoms with Gasteiger partial charge in [0.05, 0.1) is 23.9 Å². The van der Waals surface area contributed by atoms with Crippen LogP contribution < -0.4 is 10.6 Å². The monoisotopic (exact) mass is 291 g/mol. The number of ether oxygens (including phenoxy) is 1. The van der Waals surface area contributed by atoms with Gasteiger partial charge >= 0.3 is 0 Å². The van der Waals surface area contributed by atoms with Crippen LogP contribution in [0.4, 0.5) is 10.1 Å². The average molecular weight is 291 g/mol. The Labute approximate surface area is 124 Å². The number of hydrogen-bond acceptors (Lipinski definition) is 4. The van der Waals surface area contributed by atoms with Crippen LogP contribution in [0, 0.1) is 11.7 Å². The highest BCUT2D eigenvalue weighted by molar-refractivity contribution is 5.98. The van der Waals surface area contributed by atoms with E-state index in [9.17, 15) is 4.39 Å². The first-order valence-electron chi connectivity index (χ1n) is 7.50. The summed E-state index contributed by atoms with van der Waals surface area (Å²) in [5, 5.41) is 0. The Kier molecular flexibility index (Phi) is 3.61. The number of guanidine groups is 1. The van der Waals surface area contributed by atoms with E-state index in [1.807, 2.05) is 11.0 Å². The van der Waals surface area contributed by atoms with E-state index in [4.69, 9.17) is 10.5 Å². The molecule has 0 bridgehead atoms. The quantitative estimate of drug-likeness (QED) is 0.911. The van der Waals surface area contributed by atoms with Gasteiger partial charge in [0.1, 0.15) is 5.82 Å². The molecule has 1 aromatic carbocycles. The summed E-state index contributed by atoms with van der Waals surface area (Å²) in [5.41, 5.74) is 6.34. The molecule has 2 atom stereocenters. The zero-order chi connectivity index (χ0) is 15.0. The number of nitrogens with two attached hydrogens (primary N) is 1. The lowest BCUT2D eigenvalue weighted by Crippen LogP contribution is -2.57. The average Bonchev–Trinajstić information content (AvgIpc) is 2.76. The van der Waals surface area contributed by atoms with Crippen molar-refractivity contribution < 1.29 is 9.13 Å². The first-order chi connectivity index (χ1) is 10.0. The van der Waals surface area contributed by atoms with Gasteiger partial charge in [0.2, 0.25) is 0 Å². The molecule has 21 heavy (non-hydrogen) atoms. The smallest absolute Gasteiger partial charge is 0.196 e. The maximum atomic E-state index is 14.2. The second kappa shape index (κ2) is 5.30. The lowest BCUT2D eigenvalue weighted by Gasteiger charge is -2.45. The third kappa shape index (κ3) is 2.39. The third-order valence-electron chi connectivity index (χ3n) is 4.56. The van der Waals surface area contributed by atoms with Crippen molar-refractivity contribution in [2.24, 2.45) is 16.6 Å². The molecule has 2 aliphatic heterocycles. The SMILES string of the molecule is CC(C)C1CC2(CCO1)CN=C(N)N2c1ccccc1F. The van der Waals surface area contributed by atoms with E-state index in [0.29, 0.717) is 30.7 Å². The molecule has 0 aliphatic carbocycles. The first-order valence-corrected chi connectivity index (χ1v) is 7.50. The molecule has 114 valence electrons. The molecule has 0 saturated carbocycles. The fraction of sp³-hybridized carbons (Fsp3) is 0.562. The van der Waals surface area contributed by atoms with Gasteiger partial charge in [-0.3, -0.25) is 4.99 Å². The molecule has 2 N–H and O–H groups in total. The van der Waals surface area contributed by atoms with E-state index >= 15 is 0 Å². The van der Waals surface area contributed by atoms with Gasteiger partial charge < -0.3 is 15.4 Å². The molecule has 1 spiro atoms. The van der Waals surface area contributed by atoms with Crippen molar-refractivity contribution in [2.45, 2.75) is 38.3 Å². The van der Waals surface area contributed by atoms with Crippen molar-refractivity contribution in [1.82, 2.24) is 0 Å². The van der Waals surface area contributed by atoms with Crippen molar-refractivity contribution in [3.05, 3.63) is 30.1 Å². The zero-order valence-electron chi connectivity index (χ0n) is 12.6. The van der Waals surface area contributed by atoms with Crippen LogP contribution in [-0.2, 0) is 4.74 Å². The summed E-state index contributed by atoms with van der Waals surface area (Å²) >= 11 is 0. The topological polar surface area (TPSA) is 50.9 Å². The summed E-state index contributed by atoms with van der Waals surface area (Å²) in [6.45, 7) is 5.57. The van der Waals surface area contributed by atoms with E-state index in [-0.39, 0.29) is 17.5 Å². The van der Waals surface area contributed by atoms with Gasteiger partial charge in [0.25, 0.3) is 0 Å². The summed E-state index contributed by atoms with van der Waals surface area (Å²) in [7, 11) is 0. The van der Waals surface area contributed by atoms with E-state index in [2.05, 4.69) is 18.8 Å². The minimum Gasteiger partial charge on any atom is -0.378 e. The molecule has 1 fully saturated rings. The van der Waals surface area contributed by atoms with Gasteiger partial charge in [-0.2, -0.15) is 0 Å². The first kappa shape index (κ1) is 14.3. The van der Waals surface area contributed by atoms with Gasteiger partial charge in [0.15, 0.2) is 5.96 Å². The second-order valence-corrected chi connectivity index (χ2v) is 6.29. The molecule has 2 heterocycles. The molecule has 0 aromatic heterocycles. The molecule has 1 aromatic rings. The Balaban J connectivity index is 1.97. The van der Waals surface area contributed by atoms with E-state index in [0.717, 1.165) is 12.8 Å². The molecule has 0 radical (unpaired) electrons. The van der Waals surface area contributed by atoms with Crippen LogP contribution in [0.3, 0.4) is 0 Å². The fourth-order valence-corrected chi connectivity index (χ4v) is 3.34. The maximum absolute atomic E-state index is 14.2. The zero-order valence-corrected chi connectivity index (χ0v) is 12.6. The Morgan fingerprint density at radius 1 is 1.43 bits per heavy atom. The molecule has 0 amide bonds. The maximum Gasteiger partial charge on any atom is 0.196 e. The molecule has 2 unspecified atom stereocenters. The van der Waals surface area contributed by atoms with Crippen molar-refractivity contribution in [2.75, 3.05) is 18.1 Å². The van der Waals surface area contributed by atoms with Crippen molar-refractivity contribution in [1.29, 1.82) is 0 Å². The minimum absolute atomic E-state index is 0.161. The lowest BCUT2D eigenvalue weighted by atomic mass is 9.82. The van der Waals surface area contributed by atoms with Crippen LogP contribution in [0.1, 0.15) is 26.7 Å². The van der Waals surface area contributed by atoms with Crippen molar-refractivity contribution in [3.63, 3.8) is 0 Å². The Morgan fingerprint density at radius 3 is 2.90 bits per heavy atom. The Bertz CT molecular complexity index is 560. The van der Waals surface area contributed by atoms with Crippen LogP contribution in [0.5, 0.6) is 0 Å². The van der Waals surface area contributed by atoms with E-state index in [1.165, 1.54) is 6.07 Å². The number of rotatable bonds is 2. The van der Waals surface area contributed by atoms with Crippen molar-refractivity contribution >= 4 is 11.6 Å². The summed E-state index contributed by atoms with van der Waals surface area (Å²) in [5.74, 6) is 0.570. The number of para-hydroxylation sites is 1. The number of benzene rings is 1.